The van der Waals surface area contributed by atoms with Crippen LogP contribution in [0, 0.1) is 11.8 Å². The molecule has 230 valence electrons. The van der Waals surface area contributed by atoms with Crippen LogP contribution in [0.3, 0.4) is 0 Å². The van der Waals surface area contributed by atoms with E-state index in [1.807, 2.05) is 0 Å². The lowest BCUT2D eigenvalue weighted by molar-refractivity contribution is -0.285. The molecule has 3 aliphatic heterocycles. The molecule has 16 nitrogen and oxygen atoms in total. The molecule has 15 atom stereocenters. The van der Waals surface area contributed by atoms with Crippen molar-refractivity contribution in [3.63, 3.8) is 0 Å². The average Bonchev–Trinajstić information content (AvgIpc) is 2.93. The van der Waals surface area contributed by atoms with Gasteiger partial charge in [0.1, 0.15) is 48.8 Å². The fourth-order valence-corrected chi connectivity index (χ4v) is 5.26. The highest BCUT2D eigenvalue weighted by Gasteiger charge is 2.47. The average molecular weight is 575 g/mol. The maximum Gasteiger partial charge on any atom is 0.183 e. The Morgan fingerprint density at radius 1 is 0.487 bits per heavy atom. The van der Waals surface area contributed by atoms with Gasteiger partial charge in [0, 0.05) is 18.9 Å². The second-order valence-corrected chi connectivity index (χ2v) is 10.1. The Labute approximate surface area is 224 Å². The molecule has 0 aliphatic carbocycles. The summed E-state index contributed by atoms with van der Waals surface area (Å²) in [4.78, 5) is 0. The molecule has 10 N–H and O–H groups in total. The van der Waals surface area contributed by atoms with Crippen molar-refractivity contribution in [3.8, 4) is 0 Å². The van der Waals surface area contributed by atoms with E-state index >= 15 is 0 Å². The van der Waals surface area contributed by atoms with Crippen LogP contribution in [0.4, 0.5) is 0 Å². The van der Waals surface area contributed by atoms with Crippen LogP contribution in [0.1, 0.15) is 0 Å². The van der Waals surface area contributed by atoms with Crippen molar-refractivity contribution >= 4 is 0 Å². The Morgan fingerprint density at radius 3 is 1.49 bits per heavy atom. The third-order valence-corrected chi connectivity index (χ3v) is 7.65. The highest BCUT2D eigenvalue weighted by Crippen LogP contribution is 2.30. The topological polar surface area (TPSA) is 258 Å². The van der Waals surface area contributed by atoms with Crippen LogP contribution in [-0.4, -0.2) is 184 Å². The summed E-state index contributed by atoms with van der Waals surface area (Å²) in [5.41, 5.74) is 0. The Hall–Kier alpha value is -0.640. The zero-order valence-corrected chi connectivity index (χ0v) is 21.5. The van der Waals surface area contributed by atoms with Gasteiger partial charge in [0.2, 0.25) is 0 Å². The van der Waals surface area contributed by atoms with E-state index < -0.39 is 111 Å². The molecule has 15 unspecified atom stereocenters. The summed E-state index contributed by atoms with van der Waals surface area (Å²) in [6, 6.07) is 0. The summed E-state index contributed by atoms with van der Waals surface area (Å²) in [5, 5.41) is 99.9. The SMILES string of the molecule is COC1C(O)C(O)OC(CO)C1COCC1OC(CO)C(COCC2OC(CO)C(O)C(O)C2O)C(O)C1O. The van der Waals surface area contributed by atoms with E-state index in [0.717, 1.165) is 0 Å². The second kappa shape index (κ2) is 15.0. The zero-order valence-electron chi connectivity index (χ0n) is 21.5. The van der Waals surface area contributed by atoms with Gasteiger partial charge in [-0.15, -0.1) is 0 Å². The molecular formula is C23H42O16. The van der Waals surface area contributed by atoms with Gasteiger partial charge in [-0.3, -0.25) is 0 Å². The summed E-state index contributed by atoms with van der Waals surface area (Å²) in [6.07, 6.45) is -16.4. The highest BCUT2D eigenvalue weighted by atomic mass is 16.6. The van der Waals surface area contributed by atoms with Crippen molar-refractivity contribution in [1.29, 1.82) is 0 Å². The first-order chi connectivity index (χ1) is 18.6. The minimum Gasteiger partial charge on any atom is -0.394 e. The minimum absolute atomic E-state index is 0.119. The van der Waals surface area contributed by atoms with Gasteiger partial charge in [-0.2, -0.15) is 0 Å². The predicted molar refractivity (Wildman–Crippen MR) is 125 cm³/mol. The van der Waals surface area contributed by atoms with Crippen molar-refractivity contribution in [3.05, 3.63) is 0 Å². The van der Waals surface area contributed by atoms with E-state index in [9.17, 15) is 51.1 Å². The number of aliphatic hydroxyl groups excluding tert-OH is 10. The first kappa shape index (κ1) is 32.9. The van der Waals surface area contributed by atoms with Crippen molar-refractivity contribution in [1.82, 2.24) is 0 Å². The number of hydrogen-bond donors (Lipinski definition) is 10. The molecule has 0 saturated carbocycles. The van der Waals surface area contributed by atoms with Crippen molar-refractivity contribution in [2.24, 2.45) is 11.8 Å². The van der Waals surface area contributed by atoms with E-state index in [4.69, 9.17) is 28.4 Å². The lowest BCUT2D eigenvalue weighted by Crippen LogP contribution is -2.60. The number of aliphatic hydroxyl groups is 10. The van der Waals surface area contributed by atoms with Gasteiger partial charge in [-0.05, 0) is 0 Å². The van der Waals surface area contributed by atoms with E-state index in [0.29, 0.717) is 0 Å². The molecule has 0 aromatic rings. The Bertz CT molecular complexity index is 714. The second-order valence-electron chi connectivity index (χ2n) is 10.1. The summed E-state index contributed by atoms with van der Waals surface area (Å²) in [7, 11) is 1.32. The lowest BCUT2D eigenvalue weighted by Gasteiger charge is -2.44. The molecule has 0 spiro atoms. The van der Waals surface area contributed by atoms with Gasteiger partial charge in [0.25, 0.3) is 0 Å². The third kappa shape index (κ3) is 7.42. The summed E-state index contributed by atoms with van der Waals surface area (Å²) >= 11 is 0. The lowest BCUT2D eigenvalue weighted by atomic mass is 9.87. The van der Waals surface area contributed by atoms with Gasteiger partial charge in [0.05, 0.1) is 70.7 Å². The van der Waals surface area contributed by atoms with Crippen LogP contribution in [-0.2, 0) is 28.4 Å². The first-order valence-electron chi connectivity index (χ1n) is 12.8. The monoisotopic (exact) mass is 574 g/mol. The molecule has 3 aliphatic rings. The van der Waals surface area contributed by atoms with Crippen molar-refractivity contribution in [2.45, 2.75) is 79.5 Å². The molecule has 16 heteroatoms. The Morgan fingerprint density at radius 2 is 0.949 bits per heavy atom. The van der Waals surface area contributed by atoms with Crippen LogP contribution in [0.2, 0.25) is 0 Å². The van der Waals surface area contributed by atoms with Gasteiger partial charge in [-0.25, -0.2) is 0 Å². The van der Waals surface area contributed by atoms with Gasteiger partial charge >= 0.3 is 0 Å². The first-order valence-corrected chi connectivity index (χ1v) is 12.8. The van der Waals surface area contributed by atoms with Crippen LogP contribution in [0.15, 0.2) is 0 Å². The molecule has 0 aromatic heterocycles. The van der Waals surface area contributed by atoms with E-state index in [1.54, 1.807) is 0 Å². The predicted octanol–water partition coefficient (Wildman–Crippen LogP) is -6.34. The minimum atomic E-state index is -1.57. The van der Waals surface area contributed by atoms with E-state index in [-0.39, 0.29) is 26.4 Å². The molecule has 0 radical (unpaired) electrons. The van der Waals surface area contributed by atoms with E-state index in [2.05, 4.69) is 0 Å². The smallest absolute Gasteiger partial charge is 0.183 e. The molecule has 3 heterocycles. The molecule has 3 rings (SSSR count). The fraction of sp³-hybridized carbons (Fsp3) is 1.00. The van der Waals surface area contributed by atoms with E-state index in [1.165, 1.54) is 7.11 Å². The van der Waals surface area contributed by atoms with Crippen LogP contribution >= 0.6 is 0 Å². The fourth-order valence-electron chi connectivity index (χ4n) is 5.26. The maximum atomic E-state index is 10.7. The van der Waals surface area contributed by atoms with Gasteiger partial charge in [-0.1, -0.05) is 0 Å². The van der Waals surface area contributed by atoms with Crippen LogP contribution in [0.5, 0.6) is 0 Å². The molecule has 0 bridgehead atoms. The summed E-state index contributed by atoms with van der Waals surface area (Å²) in [6.45, 7) is -2.49. The molecule has 3 saturated heterocycles. The largest absolute Gasteiger partial charge is 0.394 e. The maximum absolute atomic E-state index is 10.7. The Balaban J connectivity index is 1.52. The molecule has 0 aromatic carbocycles. The zero-order chi connectivity index (χ0) is 28.9. The quantitative estimate of drug-likeness (QED) is 0.104. The third-order valence-electron chi connectivity index (χ3n) is 7.65. The van der Waals surface area contributed by atoms with Crippen molar-refractivity contribution in [2.75, 3.05) is 53.4 Å². The molecule has 39 heavy (non-hydrogen) atoms. The number of methoxy groups -OCH3 is 1. The number of ether oxygens (including phenoxy) is 6. The number of hydrogen-bond acceptors (Lipinski definition) is 16. The standard InChI is InChI=1S/C23H42O16/c1-34-22-10(12(3-25)39-23(33)21(22)32)6-36-7-14-18(29)16(27)9(11(2-24)37-14)5-35-8-15-19(30)20(31)17(28)13(4-26)38-15/h9-33H,2-8H2,1H3. The normalized spacial score (nSPS) is 47.3. The summed E-state index contributed by atoms with van der Waals surface area (Å²) < 4.78 is 32.7. The highest BCUT2D eigenvalue weighted by molar-refractivity contribution is 4.94. The van der Waals surface area contributed by atoms with Gasteiger partial charge in [0.15, 0.2) is 6.29 Å². The van der Waals surface area contributed by atoms with Crippen LogP contribution in [0.25, 0.3) is 0 Å². The molecular weight excluding hydrogens is 532 g/mol. The van der Waals surface area contributed by atoms with Crippen molar-refractivity contribution < 1.29 is 79.5 Å². The Kier molecular flexibility index (Phi) is 12.7. The molecule has 3 fully saturated rings. The molecule has 0 amide bonds. The summed E-state index contributed by atoms with van der Waals surface area (Å²) in [5.74, 6) is -1.58. The van der Waals surface area contributed by atoms with Gasteiger partial charge < -0.3 is 79.5 Å². The number of rotatable bonds is 12. The van der Waals surface area contributed by atoms with Crippen LogP contribution < -0.4 is 0 Å².